The summed E-state index contributed by atoms with van der Waals surface area (Å²) in [6.07, 6.45) is 3.50. The van der Waals surface area contributed by atoms with E-state index in [9.17, 15) is 9.59 Å². The van der Waals surface area contributed by atoms with Crippen LogP contribution in [0.2, 0.25) is 0 Å². The molecular weight excluding hydrogens is 364 g/mol. The van der Waals surface area contributed by atoms with Crippen LogP contribution >= 0.6 is 0 Å². The minimum absolute atomic E-state index is 0.0140. The third kappa shape index (κ3) is 3.57. The smallest absolute Gasteiger partial charge is 0.314 e. The lowest BCUT2D eigenvalue weighted by molar-refractivity contribution is -0.135. The zero-order valence-corrected chi connectivity index (χ0v) is 15.6. The highest BCUT2D eigenvalue weighted by Crippen LogP contribution is 2.36. The summed E-state index contributed by atoms with van der Waals surface area (Å²) in [5.41, 5.74) is 3.60. The van der Waals surface area contributed by atoms with Crippen molar-refractivity contribution in [2.75, 3.05) is 0 Å². The van der Waals surface area contributed by atoms with Crippen molar-refractivity contribution < 1.29 is 19.1 Å². The molecule has 29 heavy (non-hydrogen) atoms. The highest BCUT2D eigenvalue weighted by atomic mass is 16.5. The summed E-state index contributed by atoms with van der Waals surface area (Å²) >= 11 is 0. The van der Waals surface area contributed by atoms with Crippen LogP contribution in [0.25, 0.3) is 17.2 Å². The molecule has 4 nitrogen and oxygen atoms in total. The molecule has 1 saturated carbocycles. The molecular formula is C25H18O4. The van der Waals surface area contributed by atoms with Gasteiger partial charge >= 0.3 is 5.97 Å². The van der Waals surface area contributed by atoms with E-state index in [1.54, 1.807) is 24.3 Å². The van der Waals surface area contributed by atoms with Crippen molar-refractivity contribution in [1.29, 1.82) is 0 Å². The summed E-state index contributed by atoms with van der Waals surface area (Å²) in [5, 5.41) is 0. The highest BCUT2D eigenvalue weighted by molar-refractivity contribution is 6.14. The highest BCUT2D eigenvalue weighted by Gasteiger charge is 2.32. The Bertz CT molecular complexity index is 1120. The van der Waals surface area contributed by atoms with Crippen LogP contribution in [-0.2, 0) is 4.79 Å². The van der Waals surface area contributed by atoms with Crippen LogP contribution in [0.3, 0.4) is 0 Å². The second kappa shape index (κ2) is 7.06. The quantitative estimate of drug-likeness (QED) is 0.350. The van der Waals surface area contributed by atoms with E-state index in [0.717, 1.165) is 29.5 Å². The number of Topliss-reactive ketones (excluding diaryl/α,β-unsaturated/α-hetero) is 1. The number of rotatable bonds is 4. The second-order valence-electron chi connectivity index (χ2n) is 7.28. The molecule has 0 bridgehead atoms. The third-order valence-electron chi connectivity index (χ3n) is 5.09. The van der Waals surface area contributed by atoms with Crippen molar-refractivity contribution in [3.8, 4) is 22.6 Å². The van der Waals surface area contributed by atoms with E-state index >= 15 is 0 Å². The fraction of sp³-hybridized carbons (Fsp3) is 0.120. The van der Waals surface area contributed by atoms with E-state index in [0.29, 0.717) is 17.1 Å². The molecule has 0 unspecified atom stereocenters. The lowest BCUT2D eigenvalue weighted by Gasteiger charge is -2.04. The molecule has 142 valence electrons. The topological polar surface area (TPSA) is 52.6 Å². The monoisotopic (exact) mass is 382 g/mol. The lowest BCUT2D eigenvalue weighted by Crippen LogP contribution is -2.09. The first kappa shape index (κ1) is 17.4. The van der Waals surface area contributed by atoms with Crippen molar-refractivity contribution >= 4 is 17.8 Å². The van der Waals surface area contributed by atoms with Crippen molar-refractivity contribution in [2.24, 2.45) is 5.92 Å². The van der Waals surface area contributed by atoms with E-state index in [1.165, 1.54) is 0 Å². The molecule has 1 aliphatic carbocycles. The number of ether oxygens (including phenoxy) is 2. The van der Waals surface area contributed by atoms with Crippen LogP contribution < -0.4 is 9.47 Å². The van der Waals surface area contributed by atoms with Gasteiger partial charge < -0.3 is 9.47 Å². The number of allylic oxidation sites excluding steroid dienone is 1. The molecule has 0 aromatic heterocycles. The van der Waals surface area contributed by atoms with Gasteiger partial charge in [0.05, 0.1) is 11.5 Å². The number of hydrogen-bond acceptors (Lipinski definition) is 4. The fourth-order valence-corrected chi connectivity index (χ4v) is 3.30. The summed E-state index contributed by atoms with van der Waals surface area (Å²) < 4.78 is 11.1. The van der Waals surface area contributed by atoms with Gasteiger partial charge in [-0.15, -0.1) is 0 Å². The Morgan fingerprint density at radius 3 is 2.38 bits per heavy atom. The molecule has 0 saturated heterocycles. The third-order valence-corrected chi connectivity index (χ3v) is 5.09. The van der Waals surface area contributed by atoms with Crippen molar-refractivity contribution in [3.63, 3.8) is 0 Å². The second-order valence-corrected chi connectivity index (χ2v) is 7.28. The van der Waals surface area contributed by atoms with E-state index in [4.69, 9.17) is 9.47 Å². The maximum Gasteiger partial charge on any atom is 0.314 e. The summed E-state index contributed by atoms with van der Waals surface area (Å²) in [7, 11) is 0. The number of carbonyl (C=O) groups is 2. The minimum Gasteiger partial charge on any atom is -0.452 e. The van der Waals surface area contributed by atoms with Crippen molar-refractivity contribution in [1.82, 2.24) is 0 Å². The van der Waals surface area contributed by atoms with Gasteiger partial charge in [0, 0.05) is 6.07 Å². The van der Waals surface area contributed by atoms with Crippen LogP contribution in [-0.4, -0.2) is 11.8 Å². The summed E-state index contributed by atoms with van der Waals surface area (Å²) in [6, 6.07) is 22.9. The van der Waals surface area contributed by atoms with Crippen LogP contribution in [0, 0.1) is 5.92 Å². The van der Waals surface area contributed by atoms with Crippen LogP contribution in [0.1, 0.15) is 28.8 Å². The first-order valence-corrected chi connectivity index (χ1v) is 9.63. The van der Waals surface area contributed by atoms with Crippen molar-refractivity contribution in [3.05, 3.63) is 89.7 Å². The van der Waals surface area contributed by atoms with Crippen LogP contribution in [0.15, 0.2) is 78.6 Å². The van der Waals surface area contributed by atoms with E-state index < -0.39 is 0 Å². The SMILES string of the molecule is O=C1C(=Cc2ccc(-c3ccccc3)cc2)Oc2cc(OC(=O)C3CC3)ccc21. The molecule has 4 heteroatoms. The average molecular weight is 382 g/mol. The van der Waals surface area contributed by atoms with Gasteiger partial charge in [0.2, 0.25) is 5.78 Å². The molecule has 0 amide bonds. The Hall–Kier alpha value is -3.66. The first-order valence-electron chi connectivity index (χ1n) is 9.63. The Labute approximate surface area is 168 Å². The predicted octanol–water partition coefficient (Wildman–Crippen LogP) is 5.29. The fourth-order valence-electron chi connectivity index (χ4n) is 3.30. The molecule has 0 radical (unpaired) electrons. The molecule has 3 aromatic rings. The summed E-state index contributed by atoms with van der Waals surface area (Å²) in [5.74, 6) is 0.708. The molecule has 5 rings (SSSR count). The number of hydrogen-bond donors (Lipinski definition) is 0. The molecule has 2 aliphatic rings. The van der Waals surface area contributed by atoms with Gasteiger partial charge in [0.25, 0.3) is 0 Å². The minimum atomic E-state index is -0.219. The molecule has 1 aliphatic heterocycles. The Morgan fingerprint density at radius 2 is 1.66 bits per heavy atom. The summed E-state index contributed by atoms with van der Waals surface area (Å²) in [4.78, 5) is 24.5. The van der Waals surface area contributed by atoms with Crippen LogP contribution in [0.4, 0.5) is 0 Å². The predicted molar refractivity (Wildman–Crippen MR) is 110 cm³/mol. The van der Waals surface area contributed by atoms with Gasteiger partial charge in [-0.2, -0.15) is 0 Å². The number of esters is 1. The van der Waals surface area contributed by atoms with E-state index in [2.05, 4.69) is 12.1 Å². The number of fused-ring (bicyclic) bond motifs is 1. The molecule has 3 aromatic carbocycles. The van der Waals surface area contributed by atoms with Crippen LogP contribution in [0.5, 0.6) is 11.5 Å². The van der Waals surface area contributed by atoms with Gasteiger partial charge in [0.15, 0.2) is 5.76 Å². The molecule has 0 spiro atoms. The molecule has 0 atom stereocenters. The Balaban J connectivity index is 1.35. The molecule has 0 N–H and O–H groups in total. The number of ketones is 1. The lowest BCUT2D eigenvalue weighted by atomic mass is 10.0. The largest absolute Gasteiger partial charge is 0.452 e. The van der Waals surface area contributed by atoms with Gasteiger partial charge in [-0.3, -0.25) is 9.59 Å². The van der Waals surface area contributed by atoms with E-state index in [1.807, 2.05) is 42.5 Å². The average Bonchev–Trinajstić information content (AvgIpc) is 3.56. The molecule has 1 fully saturated rings. The zero-order chi connectivity index (χ0) is 19.8. The van der Waals surface area contributed by atoms with E-state index in [-0.39, 0.29) is 23.4 Å². The van der Waals surface area contributed by atoms with Gasteiger partial charge in [-0.25, -0.2) is 0 Å². The van der Waals surface area contributed by atoms with Gasteiger partial charge in [-0.1, -0.05) is 54.6 Å². The zero-order valence-electron chi connectivity index (χ0n) is 15.6. The van der Waals surface area contributed by atoms with Gasteiger partial charge in [-0.05, 0) is 47.7 Å². The van der Waals surface area contributed by atoms with Gasteiger partial charge in [0.1, 0.15) is 11.5 Å². The maximum absolute atomic E-state index is 12.6. The first-order chi connectivity index (χ1) is 14.2. The molecule has 1 heterocycles. The Kier molecular flexibility index (Phi) is 4.24. The summed E-state index contributed by atoms with van der Waals surface area (Å²) in [6.45, 7) is 0. The van der Waals surface area contributed by atoms with Crippen molar-refractivity contribution in [2.45, 2.75) is 12.8 Å². The normalized spacial score (nSPS) is 16.4. The Morgan fingerprint density at radius 1 is 0.931 bits per heavy atom. The standard InChI is InChI=1S/C25H18O4/c26-24-21-13-12-20(28-25(27)19-10-11-19)15-22(21)29-23(24)14-16-6-8-18(9-7-16)17-4-2-1-3-5-17/h1-9,12-15,19H,10-11H2. The maximum atomic E-state index is 12.6. The number of carbonyl (C=O) groups excluding carboxylic acids is 2. The number of benzene rings is 3.